The molecule has 0 fully saturated rings. The predicted octanol–water partition coefficient (Wildman–Crippen LogP) is 1.96. The van der Waals surface area contributed by atoms with E-state index < -0.39 is 0 Å². The van der Waals surface area contributed by atoms with Crippen LogP contribution in [0.3, 0.4) is 0 Å². The van der Waals surface area contributed by atoms with Gasteiger partial charge in [-0.1, -0.05) is 0 Å². The predicted molar refractivity (Wildman–Crippen MR) is 70.0 cm³/mol. The van der Waals surface area contributed by atoms with Crippen molar-refractivity contribution in [2.24, 2.45) is 0 Å². The van der Waals surface area contributed by atoms with Crippen molar-refractivity contribution in [2.75, 3.05) is 13.1 Å². The van der Waals surface area contributed by atoms with Gasteiger partial charge in [0.05, 0.1) is 0 Å². The number of hydrogen-bond acceptors (Lipinski definition) is 1. The summed E-state index contributed by atoms with van der Waals surface area (Å²) in [4.78, 5) is 0. The summed E-state index contributed by atoms with van der Waals surface area (Å²) in [6.45, 7) is 2.29. The van der Waals surface area contributed by atoms with Crippen LogP contribution >= 0.6 is 0 Å². The summed E-state index contributed by atoms with van der Waals surface area (Å²) in [6, 6.07) is 15.4. The molecule has 0 radical (unpaired) electrons. The van der Waals surface area contributed by atoms with Gasteiger partial charge in [-0.15, -0.1) is 0 Å². The van der Waals surface area contributed by atoms with Crippen LogP contribution in [0.2, 0.25) is 0 Å². The minimum absolute atomic E-state index is 0.201. The van der Waals surface area contributed by atoms with Gasteiger partial charge in [0.2, 0.25) is 0 Å². The van der Waals surface area contributed by atoms with Gasteiger partial charge in [0.1, 0.15) is 0 Å². The molecule has 0 aromatic heterocycles. The third-order valence-electron chi connectivity index (χ3n) is 2.76. The molecule has 2 aromatic rings. The van der Waals surface area contributed by atoms with Crippen molar-refractivity contribution in [2.45, 2.75) is 0 Å². The molecule has 0 saturated heterocycles. The van der Waals surface area contributed by atoms with Crippen LogP contribution in [0.1, 0.15) is 0 Å². The van der Waals surface area contributed by atoms with Crippen molar-refractivity contribution >= 4 is 35.6 Å². The maximum atomic E-state index is 2.58. The molecule has 0 spiro atoms. The summed E-state index contributed by atoms with van der Waals surface area (Å²) in [6.07, 6.45) is 4.55. The van der Waals surface area contributed by atoms with E-state index in [9.17, 15) is 0 Å². The van der Waals surface area contributed by atoms with E-state index in [4.69, 9.17) is 0 Å². The van der Waals surface area contributed by atoms with Gasteiger partial charge < -0.3 is 0 Å². The average molecular weight is 323 g/mol. The molecule has 3 rings (SSSR count). The second kappa shape index (κ2) is 4.59. The summed E-state index contributed by atoms with van der Waals surface area (Å²) < 4.78 is 4.14. The summed E-state index contributed by atoms with van der Waals surface area (Å²) in [5, 5.41) is 2.82. The SMILES string of the molecule is C1=CCN([Te]c2cccc3ccccc23)C1. The van der Waals surface area contributed by atoms with Crippen molar-refractivity contribution in [3.63, 3.8) is 0 Å². The van der Waals surface area contributed by atoms with E-state index in [1.807, 2.05) is 0 Å². The first-order valence-electron chi connectivity index (χ1n) is 5.49. The van der Waals surface area contributed by atoms with Crippen LogP contribution in [0.25, 0.3) is 10.8 Å². The van der Waals surface area contributed by atoms with Crippen molar-refractivity contribution < 1.29 is 0 Å². The second-order valence-corrected chi connectivity index (χ2v) is 7.14. The average Bonchev–Trinajstić information content (AvgIpc) is 2.82. The van der Waals surface area contributed by atoms with Gasteiger partial charge in [-0.2, -0.15) is 0 Å². The molecule has 0 bridgehead atoms. The Morgan fingerprint density at radius 1 is 0.875 bits per heavy atom. The Kier molecular flexibility index (Phi) is 2.97. The summed E-state index contributed by atoms with van der Waals surface area (Å²) in [5.74, 6) is 0. The number of rotatable bonds is 2. The molecule has 0 amide bonds. The van der Waals surface area contributed by atoms with E-state index in [1.54, 1.807) is 3.61 Å². The van der Waals surface area contributed by atoms with Crippen LogP contribution < -0.4 is 3.61 Å². The summed E-state index contributed by atoms with van der Waals surface area (Å²) >= 11 is -0.201. The van der Waals surface area contributed by atoms with Gasteiger partial charge in [-0.05, 0) is 0 Å². The van der Waals surface area contributed by atoms with Crippen molar-refractivity contribution in [1.29, 1.82) is 0 Å². The number of nitrogens with zero attached hydrogens (tertiary/aromatic N) is 1. The molecule has 16 heavy (non-hydrogen) atoms. The van der Waals surface area contributed by atoms with Gasteiger partial charge in [0.25, 0.3) is 0 Å². The van der Waals surface area contributed by atoms with E-state index >= 15 is 0 Å². The molecule has 80 valence electrons. The van der Waals surface area contributed by atoms with Crippen LogP contribution in [0, 0.1) is 0 Å². The molecule has 0 aliphatic carbocycles. The first-order chi connectivity index (χ1) is 7.93. The van der Waals surface area contributed by atoms with E-state index in [-0.39, 0.29) is 21.2 Å². The molecular formula is C14H13NTe. The van der Waals surface area contributed by atoms with Crippen LogP contribution in [0.5, 0.6) is 0 Å². The fourth-order valence-corrected chi connectivity index (χ4v) is 4.87. The Bertz CT molecular complexity index is 520. The van der Waals surface area contributed by atoms with E-state index in [1.165, 1.54) is 10.8 Å². The zero-order chi connectivity index (χ0) is 10.8. The molecule has 2 heteroatoms. The van der Waals surface area contributed by atoms with Gasteiger partial charge >= 0.3 is 106 Å². The molecule has 1 aliphatic rings. The molecule has 1 aliphatic heterocycles. The third-order valence-corrected chi connectivity index (χ3v) is 5.93. The molecule has 0 unspecified atom stereocenters. The molecule has 2 aromatic carbocycles. The second-order valence-electron chi connectivity index (χ2n) is 3.89. The zero-order valence-corrected chi connectivity index (χ0v) is 11.3. The van der Waals surface area contributed by atoms with Gasteiger partial charge in [-0.3, -0.25) is 0 Å². The van der Waals surface area contributed by atoms with Crippen molar-refractivity contribution in [1.82, 2.24) is 3.15 Å². The Hall–Kier alpha value is -0.810. The molecule has 0 atom stereocenters. The fourth-order valence-electron chi connectivity index (χ4n) is 1.95. The normalized spacial score (nSPS) is 16.0. The first-order valence-corrected chi connectivity index (χ1v) is 7.70. The standard InChI is InChI=1S/C14H13NTe/c1-2-8-13-12(6-1)7-5-9-14(13)16-15-10-3-4-11-15/h1-9H,10-11H2. The Morgan fingerprint density at radius 2 is 1.62 bits per heavy atom. The van der Waals surface area contributed by atoms with E-state index in [2.05, 4.69) is 57.8 Å². The monoisotopic (exact) mass is 325 g/mol. The fraction of sp³-hybridized carbons (Fsp3) is 0.143. The molecule has 1 heterocycles. The van der Waals surface area contributed by atoms with Gasteiger partial charge in [0, 0.05) is 0 Å². The molecular weight excluding hydrogens is 310 g/mol. The zero-order valence-electron chi connectivity index (χ0n) is 8.97. The van der Waals surface area contributed by atoms with Crippen molar-refractivity contribution in [3.05, 3.63) is 54.6 Å². The van der Waals surface area contributed by atoms with E-state index in [0.717, 1.165) is 13.1 Å². The summed E-state index contributed by atoms with van der Waals surface area (Å²) in [7, 11) is 0. The molecule has 1 nitrogen and oxygen atoms in total. The Balaban J connectivity index is 1.96. The summed E-state index contributed by atoms with van der Waals surface area (Å²) in [5.41, 5.74) is 0. The Labute approximate surface area is 106 Å². The van der Waals surface area contributed by atoms with Crippen molar-refractivity contribution in [3.8, 4) is 0 Å². The van der Waals surface area contributed by atoms with Crippen LogP contribution in [-0.4, -0.2) is 37.4 Å². The first kappa shape index (κ1) is 10.4. The molecule has 0 saturated carbocycles. The molecule has 0 N–H and O–H groups in total. The third kappa shape index (κ3) is 2.01. The number of hydrogen-bond donors (Lipinski definition) is 0. The van der Waals surface area contributed by atoms with E-state index in [0.29, 0.717) is 0 Å². The quantitative estimate of drug-likeness (QED) is 0.603. The Morgan fingerprint density at radius 3 is 2.50 bits per heavy atom. The van der Waals surface area contributed by atoms with Crippen LogP contribution in [0.15, 0.2) is 54.6 Å². The van der Waals surface area contributed by atoms with Gasteiger partial charge in [0.15, 0.2) is 0 Å². The number of fused-ring (bicyclic) bond motifs is 1. The number of benzene rings is 2. The van der Waals surface area contributed by atoms with Crippen LogP contribution in [-0.2, 0) is 0 Å². The topological polar surface area (TPSA) is 3.24 Å². The van der Waals surface area contributed by atoms with Crippen LogP contribution in [0.4, 0.5) is 0 Å². The maximum absolute atomic E-state index is 2.58. The minimum atomic E-state index is -0.201. The van der Waals surface area contributed by atoms with Gasteiger partial charge in [-0.25, -0.2) is 0 Å².